The number of aliphatic hydroxyl groups is 1. The fraction of sp³-hybridized carbons (Fsp3) is 0.562. The first-order valence-electron chi connectivity index (χ1n) is 14.6. The number of carbonyl (C=O) groups excluding carboxylic acids is 2. The average molecular weight is 587 g/mol. The summed E-state index contributed by atoms with van der Waals surface area (Å²) < 4.78 is 0. The minimum atomic E-state index is -0.230. The highest BCUT2D eigenvalue weighted by Gasteiger charge is 2.37. The van der Waals surface area contributed by atoms with E-state index < -0.39 is 0 Å². The zero-order chi connectivity index (χ0) is 28.6. The summed E-state index contributed by atoms with van der Waals surface area (Å²) >= 11 is 13.5. The highest BCUT2D eigenvalue weighted by Crippen LogP contribution is 2.37. The zero-order valence-electron chi connectivity index (χ0n) is 23.8. The first kappa shape index (κ1) is 29.4. The zero-order valence-corrected chi connectivity index (χ0v) is 25.3. The van der Waals surface area contributed by atoms with Crippen molar-refractivity contribution in [2.24, 2.45) is 5.92 Å². The van der Waals surface area contributed by atoms with Crippen molar-refractivity contribution in [1.29, 1.82) is 0 Å². The van der Waals surface area contributed by atoms with E-state index in [9.17, 15) is 14.7 Å². The van der Waals surface area contributed by atoms with Crippen LogP contribution < -0.4 is 0 Å². The minimum absolute atomic E-state index is 0.0613. The third-order valence-electron chi connectivity index (χ3n) is 9.03. The van der Waals surface area contributed by atoms with Crippen LogP contribution in [0.4, 0.5) is 0 Å². The van der Waals surface area contributed by atoms with Crippen molar-refractivity contribution < 1.29 is 14.7 Å². The standard InChI is InChI=1S/C32H41Cl2N3O3/c1-32(2,3)36-16-14-35(15-17-36)30(39)22-6-4-21(5-7-22)24-19-28(33)27(29(34)20-24)18-23-12-13-37(31(23)40)25-8-10-26(38)11-9-25/h4-7,19-20,23,25-26,38H,8-18H2,1-3H3. The number of hydrogen-bond acceptors (Lipinski definition) is 4. The van der Waals surface area contributed by atoms with Gasteiger partial charge in [-0.1, -0.05) is 35.3 Å². The second-order valence-corrected chi connectivity index (χ2v) is 13.4. The van der Waals surface area contributed by atoms with Gasteiger partial charge in [0.15, 0.2) is 0 Å². The summed E-state index contributed by atoms with van der Waals surface area (Å²) in [5.74, 6) is 0.118. The first-order valence-corrected chi connectivity index (χ1v) is 15.4. The van der Waals surface area contributed by atoms with Crippen molar-refractivity contribution >= 4 is 35.0 Å². The molecule has 2 heterocycles. The Hall–Kier alpha value is -2.12. The van der Waals surface area contributed by atoms with E-state index in [2.05, 4.69) is 25.7 Å². The molecule has 0 spiro atoms. The van der Waals surface area contributed by atoms with Crippen LogP contribution in [0.1, 0.15) is 68.8 Å². The van der Waals surface area contributed by atoms with E-state index in [-0.39, 0.29) is 35.4 Å². The summed E-state index contributed by atoms with van der Waals surface area (Å²) in [6.07, 6.45) is 4.37. The highest BCUT2D eigenvalue weighted by molar-refractivity contribution is 6.36. The van der Waals surface area contributed by atoms with Crippen LogP contribution in [0.25, 0.3) is 11.1 Å². The van der Waals surface area contributed by atoms with E-state index in [0.29, 0.717) is 22.0 Å². The van der Waals surface area contributed by atoms with Crippen molar-refractivity contribution in [1.82, 2.24) is 14.7 Å². The largest absolute Gasteiger partial charge is 0.393 e. The maximum absolute atomic E-state index is 13.2. The Morgan fingerprint density at radius 1 is 0.875 bits per heavy atom. The van der Waals surface area contributed by atoms with Gasteiger partial charge in [-0.05, 0) is 100 Å². The van der Waals surface area contributed by atoms with E-state index in [0.717, 1.165) is 81.5 Å². The van der Waals surface area contributed by atoms with Gasteiger partial charge in [-0.25, -0.2) is 0 Å². The SMILES string of the molecule is CC(C)(C)N1CCN(C(=O)c2ccc(-c3cc(Cl)c(CC4CCN(C5CCC(O)CC5)C4=O)c(Cl)c3)cc2)CC1. The van der Waals surface area contributed by atoms with E-state index >= 15 is 0 Å². The van der Waals surface area contributed by atoms with Crippen molar-refractivity contribution in [3.8, 4) is 11.1 Å². The third-order valence-corrected chi connectivity index (χ3v) is 9.70. The number of piperazine rings is 1. The Kier molecular flexibility index (Phi) is 8.82. The topological polar surface area (TPSA) is 64.1 Å². The number of amides is 2. The summed E-state index contributed by atoms with van der Waals surface area (Å²) in [5.41, 5.74) is 3.43. The lowest BCUT2D eigenvalue weighted by Crippen LogP contribution is -2.54. The fourth-order valence-electron chi connectivity index (χ4n) is 6.46. The lowest BCUT2D eigenvalue weighted by atomic mass is 9.92. The van der Waals surface area contributed by atoms with Crippen LogP contribution >= 0.6 is 23.2 Å². The van der Waals surface area contributed by atoms with Crippen LogP contribution in [0.3, 0.4) is 0 Å². The molecule has 0 radical (unpaired) electrons. The van der Waals surface area contributed by atoms with Gasteiger partial charge in [-0.15, -0.1) is 0 Å². The molecule has 2 amide bonds. The molecule has 1 unspecified atom stereocenters. The summed E-state index contributed by atoms with van der Waals surface area (Å²) in [7, 11) is 0. The smallest absolute Gasteiger partial charge is 0.253 e. The molecule has 2 aliphatic heterocycles. The number of aliphatic hydroxyl groups excluding tert-OH is 1. The van der Waals surface area contributed by atoms with Gasteiger partial charge in [-0.2, -0.15) is 0 Å². The summed E-state index contributed by atoms with van der Waals surface area (Å²) in [5, 5.41) is 10.9. The number of carbonyl (C=O) groups is 2. The quantitative estimate of drug-likeness (QED) is 0.473. The van der Waals surface area contributed by atoms with Crippen molar-refractivity contribution in [2.45, 2.75) is 77.0 Å². The van der Waals surface area contributed by atoms with Gasteiger partial charge in [0.05, 0.1) is 6.10 Å². The maximum atomic E-state index is 13.2. The molecule has 3 fully saturated rings. The molecule has 1 aliphatic carbocycles. The van der Waals surface area contributed by atoms with Crippen LogP contribution in [0, 0.1) is 5.92 Å². The van der Waals surface area contributed by atoms with Crippen molar-refractivity contribution in [3.63, 3.8) is 0 Å². The number of hydrogen-bond donors (Lipinski definition) is 1. The Morgan fingerprint density at radius 2 is 1.48 bits per heavy atom. The number of rotatable bonds is 5. The summed E-state index contributed by atoms with van der Waals surface area (Å²) in [4.78, 5) is 32.7. The Labute approximate surface area is 248 Å². The Bertz CT molecular complexity index is 1200. The molecule has 1 atom stereocenters. The molecular weight excluding hydrogens is 545 g/mol. The van der Waals surface area contributed by atoms with Crippen LogP contribution in [0.2, 0.25) is 10.0 Å². The normalized spacial score (nSPS) is 24.6. The fourth-order valence-corrected chi connectivity index (χ4v) is 7.11. The maximum Gasteiger partial charge on any atom is 0.253 e. The lowest BCUT2D eigenvalue weighted by Gasteiger charge is -2.42. The second kappa shape index (κ2) is 12.0. The average Bonchev–Trinajstić information content (AvgIpc) is 3.30. The molecule has 0 bridgehead atoms. The van der Waals surface area contributed by atoms with Crippen LogP contribution in [0.15, 0.2) is 36.4 Å². The monoisotopic (exact) mass is 585 g/mol. The summed E-state index contributed by atoms with van der Waals surface area (Å²) in [6.45, 7) is 10.6. The van der Waals surface area contributed by atoms with Gasteiger partial charge in [0, 0.05) is 65.8 Å². The molecule has 2 saturated heterocycles. The van der Waals surface area contributed by atoms with Crippen molar-refractivity contribution in [3.05, 3.63) is 57.6 Å². The van der Waals surface area contributed by atoms with E-state index in [1.807, 2.05) is 46.2 Å². The number of likely N-dealkylation sites (tertiary alicyclic amines) is 1. The Balaban J connectivity index is 1.22. The van der Waals surface area contributed by atoms with Crippen LogP contribution in [-0.2, 0) is 11.2 Å². The minimum Gasteiger partial charge on any atom is -0.393 e. The second-order valence-electron chi connectivity index (χ2n) is 12.6. The molecule has 216 valence electrons. The van der Waals surface area contributed by atoms with E-state index in [4.69, 9.17) is 23.2 Å². The molecule has 1 saturated carbocycles. The molecule has 2 aromatic rings. The molecule has 3 aliphatic rings. The number of nitrogens with zero attached hydrogens (tertiary/aromatic N) is 3. The van der Waals surface area contributed by atoms with Gasteiger partial charge in [0.1, 0.15) is 0 Å². The first-order chi connectivity index (χ1) is 19.0. The molecule has 1 N–H and O–H groups in total. The van der Waals surface area contributed by atoms with Crippen LogP contribution in [0.5, 0.6) is 0 Å². The number of benzene rings is 2. The summed E-state index contributed by atoms with van der Waals surface area (Å²) in [6, 6.07) is 11.7. The Morgan fingerprint density at radius 3 is 2.05 bits per heavy atom. The van der Waals surface area contributed by atoms with Gasteiger partial charge < -0.3 is 14.9 Å². The van der Waals surface area contributed by atoms with Gasteiger partial charge in [0.2, 0.25) is 5.91 Å². The number of halogens is 2. The molecule has 6 nitrogen and oxygen atoms in total. The van der Waals surface area contributed by atoms with Gasteiger partial charge >= 0.3 is 0 Å². The third kappa shape index (κ3) is 6.35. The molecule has 2 aromatic carbocycles. The molecular formula is C32H41Cl2N3O3. The predicted octanol–water partition coefficient (Wildman–Crippen LogP) is 5.91. The van der Waals surface area contributed by atoms with Crippen LogP contribution in [-0.4, -0.2) is 82.0 Å². The van der Waals surface area contributed by atoms with Crippen molar-refractivity contribution in [2.75, 3.05) is 32.7 Å². The molecule has 0 aromatic heterocycles. The van der Waals surface area contributed by atoms with Gasteiger partial charge in [-0.3, -0.25) is 14.5 Å². The highest BCUT2D eigenvalue weighted by atomic mass is 35.5. The van der Waals surface area contributed by atoms with E-state index in [1.165, 1.54) is 0 Å². The van der Waals surface area contributed by atoms with Gasteiger partial charge in [0.25, 0.3) is 5.91 Å². The predicted molar refractivity (Wildman–Crippen MR) is 161 cm³/mol. The molecule has 8 heteroatoms. The van der Waals surface area contributed by atoms with E-state index in [1.54, 1.807) is 0 Å². The molecule has 5 rings (SSSR count). The lowest BCUT2D eigenvalue weighted by molar-refractivity contribution is -0.133. The molecule has 40 heavy (non-hydrogen) atoms.